The van der Waals surface area contributed by atoms with Crippen LogP contribution in [0.3, 0.4) is 0 Å². The third-order valence-corrected chi connectivity index (χ3v) is 7.17. The molecule has 7 aromatic heterocycles. The first-order valence-electron chi connectivity index (χ1n) is 14.3. The SMILES string of the molecule is [C-]#[N+]c1ccnc(-c2ccc(-c3nc(-c4ccc(-c5cncc(C#N)c5)nc4)nc(-c4ccc(-c5cncc(C#N)c5)nc4)n3)nc2)c1. The fraction of sp³-hybridized carbons (Fsp3) is 0. The standard InChI is InChI=1S/C36H18N12/c1-39-29-8-9-42-33(12-29)24-2-7-32(45-19-24)36-47-34(25-3-5-30(43-20-25)27-10-22(13-37)15-40-17-27)46-35(48-36)26-4-6-31(44-21-26)28-11-23(14-38)16-41-18-28/h2-12,15-21H. The molecule has 0 fully saturated rings. The first-order chi connectivity index (χ1) is 23.6. The summed E-state index contributed by atoms with van der Waals surface area (Å²) < 4.78 is 0. The molecule has 0 atom stereocenters. The van der Waals surface area contributed by atoms with Gasteiger partial charge >= 0.3 is 0 Å². The fourth-order valence-electron chi connectivity index (χ4n) is 4.75. The van der Waals surface area contributed by atoms with E-state index >= 15 is 0 Å². The van der Waals surface area contributed by atoms with Crippen molar-refractivity contribution in [3.63, 3.8) is 0 Å². The van der Waals surface area contributed by atoms with Gasteiger partial charge in [0.15, 0.2) is 23.2 Å². The van der Waals surface area contributed by atoms with E-state index in [1.54, 1.807) is 67.5 Å². The molecule has 0 amide bonds. The molecule has 222 valence electrons. The van der Waals surface area contributed by atoms with Crippen molar-refractivity contribution in [2.45, 2.75) is 0 Å². The Morgan fingerprint density at radius 3 is 1.50 bits per heavy atom. The van der Waals surface area contributed by atoms with Crippen molar-refractivity contribution in [2.24, 2.45) is 0 Å². The molecule has 7 heterocycles. The molecule has 0 saturated heterocycles. The van der Waals surface area contributed by atoms with Gasteiger partial charge in [-0.15, -0.1) is 0 Å². The lowest BCUT2D eigenvalue weighted by Crippen LogP contribution is -2.02. The summed E-state index contributed by atoms with van der Waals surface area (Å²) in [6, 6.07) is 21.9. The van der Waals surface area contributed by atoms with E-state index in [4.69, 9.17) is 21.5 Å². The Balaban J connectivity index is 1.28. The lowest BCUT2D eigenvalue weighted by molar-refractivity contribution is 1.05. The van der Waals surface area contributed by atoms with Crippen LogP contribution in [0.5, 0.6) is 0 Å². The molecule has 0 saturated carbocycles. The molecule has 0 aromatic carbocycles. The second-order valence-electron chi connectivity index (χ2n) is 10.3. The zero-order valence-electron chi connectivity index (χ0n) is 24.8. The van der Waals surface area contributed by atoms with Crippen LogP contribution in [-0.2, 0) is 0 Å². The minimum atomic E-state index is 0.328. The van der Waals surface area contributed by atoms with E-state index in [1.807, 2.05) is 30.3 Å². The van der Waals surface area contributed by atoms with Crippen molar-refractivity contribution < 1.29 is 0 Å². The smallest absolute Gasteiger partial charge is 0.190 e. The molecule has 0 aliphatic heterocycles. The second-order valence-corrected chi connectivity index (χ2v) is 10.3. The number of hydrogen-bond donors (Lipinski definition) is 0. The Kier molecular flexibility index (Phi) is 7.75. The largest absolute Gasteiger partial charge is 0.263 e. The summed E-state index contributed by atoms with van der Waals surface area (Å²) in [7, 11) is 0. The molecule has 0 aliphatic rings. The van der Waals surface area contributed by atoms with E-state index in [0.717, 1.165) is 5.56 Å². The van der Waals surface area contributed by atoms with E-state index in [1.165, 1.54) is 12.4 Å². The number of pyridine rings is 6. The van der Waals surface area contributed by atoms with E-state index in [2.05, 4.69) is 46.9 Å². The lowest BCUT2D eigenvalue weighted by Gasteiger charge is -2.09. The van der Waals surface area contributed by atoms with Crippen LogP contribution in [-0.4, -0.2) is 44.9 Å². The molecule has 12 heteroatoms. The summed E-state index contributed by atoms with van der Waals surface area (Å²) in [5.41, 5.74) is 7.19. The Morgan fingerprint density at radius 2 is 1.00 bits per heavy atom. The Hall–Kier alpha value is -7.62. The maximum absolute atomic E-state index is 9.26. The number of rotatable bonds is 6. The molecule has 0 spiro atoms. The highest BCUT2D eigenvalue weighted by molar-refractivity contribution is 5.70. The maximum Gasteiger partial charge on any atom is 0.190 e. The van der Waals surface area contributed by atoms with Crippen molar-refractivity contribution in [2.75, 3.05) is 0 Å². The van der Waals surface area contributed by atoms with Gasteiger partial charge in [0.2, 0.25) is 0 Å². The fourth-order valence-corrected chi connectivity index (χ4v) is 4.75. The van der Waals surface area contributed by atoms with Gasteiger partial charge in [-0.05, 0) is 60.7 Å². The number of aromatic nitrogens is 9. The highest BCUT2D eigenvalue weighted by atomic mass is 15.0. The average Bonchev–Trinajstić information content (AvgIpc) is 3.18. The van der Waals surface area contributed by atoms with Gasteiger partial charge in [-0.1, -0.05) is 0 Å². The van der Waals surface area contributed by atoms with Gasteiger partial charge in [-0.3, -0.25) is 29.9 Å². The number of nitrogens with zero attached hydrogens (tertiary/aromatic N) is 12. The molecular weight excluding hydrogens is 600 g/mol. The van der Waals surface area contributed by atoms with Crippen LogP contribution in [0.15, 0.2) is 110 Å². The van der Waals surface area contributed by atoms with Crippen LogP contribution in [0, 0.1) is 29.2 Å². The predicted molar refractivity (Wildman–Crippen MR) is 175 cm³/mol. The summed E-state index contributed by atoms with van der Waals surface area (Å²) in [5, 5.41) is 18.5. The first kappa shape index (κ1) is 29.1. The van der Waals surface area contributed by atoms with Crippen LogP contribution < -0.4 is 0 Å². The third-order valence-electron chi connectivity index (χ3n) is 7.17. The molecule has 0 N–H and O–H groups in total. The second kappa shape index (κ2) is 12.8. The van der Waals surface area contributed by atoms with Crippen LogP contribution in [0.1, 0.15) is 11.1 Å². The molecule has 0 aliphatic carbocycles. The summed E-state index contributed by atoms with van der Waals surface area (Å²) in [5.74, 6) is 1.06. The molecule has 0 radical (unpaired) electrons. The Bertz CT molecular complexity index is 2140. The molecule has 0 unspecified atom stereocenters. The van der Waals surface area contributed by atoms with Crippen LogP contribution in [0.2, 0.25) is 0 Å². The highest BCUT2D eigenvalue weighted by Gasteiger charge is 2.15. The first-order valence-corrected chi connectivity index (χ1v) is 14.3. The number of nitriles is 2. The van der Waals surface area contributed by atoms with E-state index in [0.29, 0.717) is 79.3 Å². The van der Waals surface area contributed by atoms with Gasteiger partial charge in [0, 0.05) is 77.4 Å². The van der Waals surface area contributed by atoms with E-state index < -0.39 is 0 Å². The lowest BCUT2D eigenvalue weighted by atomic mass is 10.1. The normalized spacial score (nSPS) is 10.4. The minimum Gasteiger partial charge on any atom is -0.263 e. The highest BCUT2D eigenvalue weighted by Crippen LogP contribution is 2.28. The van der Waals surface area contributed by atoms with Crippen molar-refractivity contribution in [3.8, 4) is 80.2 Å². The van der Waals surface area contributed by atoms with Crippen molar-refractivity contribution in [1.82, 2.24) is 44.9 Å². The van der Waals surface area contributed by atoms with Crippen LogP contribution in [0.25, 0.3) is 72.9 Å². The Morgan fingerprint density at radius 1 is 0.479 bits per heavy atom. The van der Waals surface area contributed by atoms with Crippen molar-refractivity contribution in [1.29, 1.82) is 10.5 Å². The maximum atomic E-state index is 9.26. The molecule has 48 heavy (non-hydrogen) atoms. The quantitative estimate of drug-likeness (QED) is 0.186. The zero-order valence-corrected chi connectivity index (χ0v) is 24.8. The number of hydrogen-bond acceptors (Lipinski definition) is 11. The summed E-state index contributed by atoms with van der Waals surface area (Å²) >= 11 is 0. The van der Waals surface area contributed by atoms with E-state index in [-0.39, 0.29) is 0 Å². The van der Waals surface area contributed by atoms with E-state index in [9.17, 15) is 10.5 Å². The van der Waals surface area contributed by atoms with Crippen molar-refractivity contribution in [3.05, 3.63) is 133 Å². The molecule has 12 nitrogen and oxygen atoms in total. The van der Waals surface area contributed by atoms with Gasteiger partial charge in [0.25, 0.3) is 0 Å². The van der Waals surface area contributed by atoms with Gasteiger partial charge in [0.05, 0.1) is 34.8 Å². The Labute approximate surface area is 273 Å². The molecule has 0 bridgehead atoms. The minimum absolute atomic E-state index is 0.328. The summed E-state index contributed by atoms with van der Waals surface area (Å²) in [6.45, 7) is 7.30. The monoisotopic (exact) mass is 618 g/mol. The molecule has 7 rings (SSSR count). The van der Waals surface area contributed by atoms with Gasteiger partial charge in [-0.2, -0.15) is 10.5 Å². The zero-order chi connectivity index (χ0) is 32.9. The van der Waals surface area contributed by atoms with Gasteiger partial charge in [0.1, 0.15) is 17.8 Å². The molecule has 7 aromatic rings. The summed E-state index contributed by atoms with van der Waals surface area (Å²) in [4.78, 5) is 44.2. The molecular formula is C36H18N12. The van der Waals surface area contributed by atoms with Gasteiger partial charge < -0.3 is 0 Å². The topological polar surface area (TPSA) is 168 Å². The third kappa shape index (κ3) is 6.02. The van der Waals surface area contributed by atoms with Crippen LogP contribution in [0.4, 0.5) is 5.69 Å². The average molecular weight is 619 g/mol. The van der Waals surface area contributed by atoms with Gasteiger partial charge in [-0.25, -0.2) is 19.8 Å². The predicted octanol–water partition coefficient (Wildman–Crippen LogP) is 6.54. The van der Waals surface area contributed by atoms with Crippen LogP contribution >= 0.6 is 0 Å². The summed E-state index contributed by atoms with van der Waals surface area (Å²) in [6.07, 6.45) is 12.8. The van der Waals surface area contributed by atoms with Crippen molar-refractivity contribution >= 4 is 5.69 Å².